The van der Waals surface area contributed by atoms with E-state index in [0.717, 1.165) is 5.56 Å². The molecular formula is C21H20N2O5S. The quantitative estimate of drug-likeness (QED) is 0.731. The van der Waals surface area contributed by atoms with Crippen LogP contribution in [0.2, 0.25) is 0 Å². The number of aliphatic imine (C=N–C) groups is 1. The van der Waals surface area contributed by atoms with Gasteiger partial charge in [-0.25, -0.2) is 4.79 Å². The normalized spacial score (nSPS) is 16.5. The summed E-state index contributed by atoms with van der Waals surface area (Å²) in [6.07, 6.45) is 1.76. The summed E-state index contributed by atoms with van der Waals surface area (Å²) < 4.78 is 11.4. The van der Waals surface area contributed by atoms with E-state index < -0.39 is 5.97 Å². The van der Waals surface area contributed by atoms with Crippen LogP contribution in [-0.4, -0.2) is 48.3 Å². The maximum absolute atomic E-state index is 12.4. The summed E-state index contributed by atoms with van der Waals surface area (Å²) in [5, 5.41) is 9.63. The van der Waals surface area contributed by atoms with Gasteiger partial charge >= 0.3 is 5.97 Å². The number of likely N-dealkylation sites (N-methyl/N-ethyl adjacent to an activating group) is 1. The molecule has 2 aromatic rings. The van der Waals surface area contributed by atoms with Crippen molar-refractivity contribution in [1.29, 1.82) is 0 Å². The van der Waals surface area contributed by atoms with Crippen LogP contribution < -0.4 is 9.47 Å². The third-order valence-electron chi connectivity index (χ3n) is 4.29. The third kappa shape index (κ3) is 4.43. The average molecular weight is 412 g/mol. The number of amides is 1. The lowest BCUT2D eigenvalue weighted by Crippen LogP contribution is -2.23. The Morgan fingerprint density at radius 1 is 1.24 bits per heavy atom. The minimum Gasteiger partial charge on any atom is -0.493 e. The number of nitrogens with zero attached hydrogens (tertiary/aromatic N) is 2. The van der Waals surface area contributed by atoms with Crippen molar-refractivity contribution in [3.8, 4) is 11.5 Å². The number of methoxy groups -OCH3 is 1. The van der Waals surface area contributed by atoms with Gasteiger partial charge in [0, 0.05) is 19.7 Å². The second-order valence-corrected chi connectivity index (χ2v) is 7.16. The largest absolute Gasteiger partial charge is 0.493 e. The molecule has 1 aliphatic heterocycles. The molecule has 1 amide bonds. The number of aromatic carboxylic acids is 1. The number of rotatable bonds is 6. The number of carboxylic acid groups (broad SMARTS) is 1. The SMILES string of the molecule is CN=C1S/C(=C\c2cccc(OC)c2OCc2ccc(C(=O)O)cc2)C(=O)N1C. The Labute approximate surface area is 172 Å². The van der Waals surface area contributed by atoms with E-state index >= 15 is 0 Å². The highest BCUT2D eigenvalue weighted by Crippen LogP contribution is 2.37. The number of carbonyl (C=O) groups excluding carboxylic acids is 1. The highest BCUT2D eigenvalue weighted by atomic mass is 32.2. The van der Waals surface area contributed by atoms with E-state index in [1.54, 1.807) is 45.5 Å². The standard InChI is InChI=1S/C21H20N2O5S/c1-22-21-23(2)19(24)17(29-21)11-15-5-4-6-16(27-3)18(15)28-12-13-7-9-14(10-8-13)20(25)26/h4-11H,12H2,1-3H3,(H,25,26)/b17-11-,22-21?. The Hall–Kier alpha value is -3.26. The molecule has 3 rings (SSSR count). The second kappa shape index (κ2) is 8.83. The van der Waals surface area contributed by atoms with Crippen LogP contribution in [0.25, 0.3) is 6.08 Å². The molecule has 29 heavy (non-hydrogen) atoms. The first kappa shape index (κ1) is 20.5. The van der Waals surface area contributed by atoms with E-state index in [-0.39, 0.29) is 18.1 Å². The zero-order valence-electron chi connectivity index (χ0n) is 16.2. The number of para-hydroxylation sites is 1. The molecule has 1 N–H and O–H groups in total. The van der Waals surface area contributed by atoms with E-state index in [2.05, 4.69) is 4.99 Å². The lowest BCUT2D eigenvalue weighted by Gasteiger charge is -2.14. The van der Waals surface area contributed by atoms with Crippen LogP contribution >= 0.6 is 11.8 Å². The summed E-state index contributed by atoms with van der Waals surface area (Å²) in [6.45, 7) is 0.221. The molecule has 2 aromatic carbocycles. The molecule has 1 fully saturated rings. The highest BCUT2D eigenvalue weighted by molar-refractivity contribution is 8.18. The van der Waals surface area contributed by atoms with Crippen molar-refractivity contribution in [2.75, 3.05) is 21.2 Å². The van der Waals surface area contributed by atoms with Crippen LogP contribution in [0.5, 0.6) is 11.5 Å². The Bertz CT molecular complexity index is 999. The van der Waals surface area contributed by atoms with Gasteiger partial charge in [-0.2, -0.15) is 0 Å². The zero-order valence-corrected chi connectivity index (χ0v) is 17.0. The van der Waals surface area contributed by atoms with Gasteiger partial charge < -0.3 is 14.6 Å². The molecule has 0 radical (unpaired) electrons. The number of benzene rings is 2. The van der Waals surface area contributed by atoms with Crippen molar-refractivity contribution in [2.45, 2.75) is 6.61 Å². The van der Waals surface area contributed by atoms with E-state index in [4.69, 9.17) is 14.6 Å². The fourth-order valence-corrected chi connectivity index (χ4v) is 3.67. The Morgan fingerprint density at radius 2 is 1.97 bits per heavy atom. The molecule has 150 valence electrons. The topological polar surface area (TPSA) is 88.4 Å². The predicted octanol–water partition coefficient (Wildman–Crippen LogP) is 3.50. The van der Waals surface area contributed by atoms with Gasteiger partial charge in [0.05, 0.1) is 17.6 Å². The van der Waals surface area contributed by atoms with Crippen molar-refractivity contribution < 1.29 is 24.2 Å². The summed E-state index contributed by atoms with van der Waals surface area (Å²) in [5.41, 5.74) is 1.73. The fourth-order valence-electron chi connectivity index (χ4n) is 2.75. The second-order valence-electron chi connectivity index (χ2n) is 6.15. The molecule has 0 atom stereocenters. The average Bonchev–Trinajstić information content (AvgIpc) is 3.00. The molecule has 7 nitrogen and oxygen atoms in total. The first-order valence-electron chi connectivity index (χ1n) is 8.71. The van der Waals surface area contributed by atoms with E-state index in [1.165, 1.54) is 28.8 Å². The summed E-state index contributed by atoms with van der Waals surface area (Å²) in [5.74, 6) is -0.0686. The van der Waals surface area contributed by atoms with Crippen LogP contribution in [0.1, 0.15) is 21.5 Å². The number of amidine groups is 1. The first-order chi connectivity index (χ1) is 13.9. The molecule has 0 spiro atoms. The van der Waals surface area contributed by atoms with Gasteiger partial charge in [0.15, 0.2) is 16.7 Å². The van der Waals surface area contributed by atoms with Crippen LogP contribution in [0, 0.1) is 0 Å². The summed E-state index contributed by atoms with van der Waals surface area (Å²) in [6, 6.07) is 11.9. The molecule has 0 aromatic heterocycles. The minimum absolute atomic E-state index is 0.131. The smallest absolute Gasteiger partial charge is 0.335 e. The molecule has 0 saturated carbocycles. The number of hydrogen-bond donors (Lipinski definition) is 1. The van der Waals surface area contributed by atoms with Gasteiger partial charge in [0.1, 0.15) is 6.61 Å². The Morgan fingerprint density at radius 3 is 2.55 bits per heavy atom. The first-order valence-corrected chi connectivity index (χ1v) is 9.52. The molecule has 1 aliphatic rings. The van der Waals surface area contributed by atoms with Crippen molar-refractivity contribution in [3.63, 3.8) is 0 Å². The molecule has 1 heterocycles. The van der Waals surface area contributed by atoms with Crippen LogP contribution in [0.3, 0.4) is 0 Å². The van der Waals surface area contributed by atoms with Gasteiger partial charge in [-0.15, -0.1) is 0 Å². The minimum atomic E-state index is -0.977. The fraction of sp³-hybridized carbons (Fsp3) is 0.190. The van der Waals surface area contributed by atoms with E-state index in [9.17, 15) is 9.59 Å². The Kier molecular flexibility index (Phi) is 6.23. The Balaban J connectivity index is 1.88. The van der Waals surface area contributed by atoms with Crippen molar-refractivity contribution in [2.24, 2.45) is 4.99 Å². The number of thioether (sulfide) groups is 1. The van der Waals surface area contributed by atoms with Gasteiger partial charge in [-0.1, -0.05) is 24.3 Å². The van der Waals surface area contributed by atoms with Crippen LogP contribution in [-0.2, 0) is 11.4 Å². The molecule has 1 saturated heterocycles. The number of hydrogen-bond acceptors (Lipinski definition) is 6. The van der Waals surface area contributed by atoms with Gasteiger partial charge in [-0.05, 0) is 41.6 Å². The summed E-state index contributed by atoms with van der Waals surface area (Å²) >= 11 is 1.30. The lowest BCUT2D eigenvalue weighted by atomic mass is 10.1. The monoisotopic (exact) mass is 412 g/mol. The molecule has 0 aliphatic carbocycles. The van der Waals surface area contributed by atoms with Gasteiger partial charge in [-0.3, -0.25) is 14.7 Å². The van der Waals surface area contributed by atoms with Crippen molar-refractivity contribution in [1.82, 2.24) is 4.90 Å². The van der Waals surface area contributed by atoms with Gasteiger partial charge in [0.2, 0.25) is 0 Å². The lowest BCUT2D eigenvalue weighted by molar-refractivity contribution is -0.121. The van der Waals surface area contributed by atoms with Crippen LogP contribution in [0.4, 0.5) is 0 Å². The maximum atomic E-state index is 12.4. The van der Waals surface area contributed by atoms with Crippen molar-refractivity contribution in [3.05, 3.63) is 64.1 Å². The number of carbonyl (C=O) groups is 2. The maximum Gasteiger partial charge on any atom is 0.335 e. The molecule has 0 unspecified atom stereocenters. The predicted molar refractivity (Wildman–Crippen MR) is 112 cm³/mol. The van der Waals surface area contributed by atoms with Crippen molar-refractivity contribution >= 4 is 34.9 Å². The molecular weight excluding hydrogens is 392 g/mol. The summed E-state index contributed by atoms with van der Waals surface area (Å²) in [4.78, 5) is 29.6. The van der Waals surface area contributed by atoms with Gasteiger partial charge in [0.25, 0.3) is 5.91 Å². The number of ether oxygens (including phenoxy) is 2. The third-order valence-corrected chi connectivity index (χ3v) is 5.45. The highest BCUT2D eigenvalue weighted by Gasteiger charge is 2.30. The van der Waals surface area contributed by atoms with Crippen LogP contribution in [0.15, 0.2) is 52.4 Å². The number of carboxylic acids is 1. The summed E-state index contributed by atoms with van der Waals surface area (Å²) in [7, 11) is 4.87. The van der Waals surface area contributed by atoms with E-state index in [1.807, 2.05) is 12.1 Å². The zero-order chi connectivity index (χ0) is 21.0. The van der Waals surface area contributed by atoms with E-state index in [0.29, 0.717) is 27.1 Å². The molecule has 8 heteroatoms. The molecule has 0 bridgehead atoms.